The number of methoxy groups -OCH3 is 1. The summed E-state index contributed by atoms with van der Waals surface area (Å²) in [4.78, 5) is 10.6. The second-order valence-electron chi connectivity index (χ2n) is 3.06. The molecule has 1 aromatic rings. The molecule has 4 heteroatoms. The Morgan fingerprint density at radius 1 is 1.47 bits per heavy atom. The Morgan fingerprint density at radius 2 is 2.13 bits per heavy atom. The van der Waals surface area contributed by atoms with E-state index in [1.807, 2.05) is 0 Å². The number of ether oxygens (including phenoxy) is 1. The fraction of sp³-hybridized carbons (Fsp3) is 0.182. The zero-order chi connectivity index (χ0) is 11.4. The van der Waals surface area contributed by atoms with Crippen LogP contribution >= 0.6 is 0 Å². The van der Waals surface area contributed by atoms with E-state index < -0.39 is 5.97 Å². The van der Waals surface area contributed by atoms with E-state index in [1.165, 1.54) is 26.2 Å². The molecule has 80 valence electrons. The van der Waals surface area contributed by atoms with E-state index >= 15 is 0 Å². The summed E-state index contributed by atoms with van der Waals surface area (Å²) in [5.74, 6) is -0.425. The molecule has 0 unspecified atom stereocenters. The molecule has 0 aliphatic rings. The van der Waals surface area contributed by atoms with Crippen molar-refractivity contribution < 1.29 is 19.7 Å². The van der Waals surface area contributed by atoms with Crippen molar-refractivity contribution in [1.29, 1.82) is 0 Å². The number of hydrogen-bond donors (Lipinski definition) is 2. The predicted octanol–water partition coefficient (Wildman–Crippen LogP) is 1.89. The zero-order valence-electron chi connectivity index (χ0n) is 8.52. The maximum atomic E-state index is 10.6. The predicted molar refractivity (Wildman–Crippen MR) is 55.9 cm³/mol. The third kappa shape index (κ3) is 2.74. The van der Waals surface area contributed by atoms with E-state index in [1.54, 1.807) is 12.1 Å². The first kappa shape index (κ1) is 11.1. The van der Waals surface area contributed by atoms with Crippen LogP contribution in [0.4, 0.5) is 0 Å². The van der Waals surface area contributed by atoms with E-state index in [4.69, 9.17) is 9.84 Å². The minimum absolute atomic E-state index is 0.0244. The Labute approximate surface area is 87.4 Å². The van der Waals surface area contributed by atoms with Crippen LogP contribution in [-0.4, -0.2) is 23.3 Å². The van der Waals surface area contributed by atoms with Crippen LogP contribution in [0.15, 0.2) is 23.8 Å². The van der Waals surface area contributed by atoms with Crippen molar-refractivity contribution in [2.75, 3.05) is 7.11 Å². The molecule has 4 nitrogen and oxygen atoms in total. The molecular formula is C11H12O4. The van der Waals surface area contributed by atoms with Crippen molar-refractivity contribution >= 4 is 12.0 Å². The number of hydrogen-bond acceptors (Lipinski definition) is 3. The van der Waals surface area contributed by atoms with Crippen LogP contribution in [0.25, 0.3) is 6.08 Å². The van der Waals surface area contributed by atoms with Crippen LogP contribution < -0.4 is 4.74 Å². The van der Waals surface area contributed by atoms with Crippen molar-refractivity contribution in [3.8, 4) is 11.5 Å². The SMILES string of the molecule is COc1ccc(O)c(C=C(C)C(=O)O)c1. The summed E-state index contributed by atoms with van der Waals surface area (Å²) in [6.07, 6.45) is 1.39. The average Bonchev–Trinajstić information content (AvgIpc) is 2.21. The summed E-state index contributed by atoms with van der Waals surface area (Å²) in [7, 11) is 1.50. The van der Waals surface area contributed by atoms with Gasteiger partial charge in [0.25, 0.3) is 0 Å². The summed E-state index contributed by atoms with van der Waals surface area (Å²) in [5, 5.41) is 18.1. The minimum Gasteiger partial charge on any atom is -0.507 e. The molecule has 0 amide bonds. The molecule has 2 N–H and O–H groups in total. The Morgan fingerprint density at radius 3 is 2.67 bits per heavy atom. The van der Waals surface area contributed by atoms with Crippen molar-refractivity contribution in [2.45, 2.75) is 6.92 Å². The van der Waals surface area contributed by atoms with Gasteiger partial charge in [-0.2, -0.15) is 0 Å². The highest BCUT2D eigenvalue weighted by Gasteiger charge is 2.04. The van der Waals surface area contributed by atoms with Gasteiger partial charge in [-0.15, -0.1) is 0 Å². The molecule has 0 fully saturated rings. The van der Waals surface area contributed by atoms with E-state index in [9.17, 15) is 9.90 Å². The average molecular weight is 208 g/mol. The molecule has 0 saturated carbocycles. The van der Waals surface area contributed by atoms with Crippen LogP contribution in [0.1, 0.15) is 12.5 Å². The van der Waals surface area contributed by atoms with E-state index in [0.29, 0.717) is 11.3 Å². The maximum Gasteiger partial charge on any atom is 0.331 e. The van der Waals surface area contributed by atoms with E-state index in [0.717, 1.165) is 0 Å². The van der Waals surface area contributed by atoms with E-state index in [-0.39, 0.29) is 11.3 Å². The first-order valence-corrected chi connectivity index (χ1v) is 4.33. The third-order valence-corrected chi connectivity index (χ3v) is 1.94. The number of aromatic hydroxyl groups is 1. The lowest BCUT2D eigenvalue weighted by Gasteiger charge is -2.03. The van der Waals surface area contributed by atoms with Gasteiger partial charge in [0.05, 0.1) is 7.11 Å². The van der Waals surface area contributed by atoms with Gasteiger partial charge in [0.1, 0.15) is 11.5 Å². The number of aliphatic carboxylic acids is 1. The standard InChI is InChI=1S/C11H12O4/c1-7(11(13)14)5-8-6-9(15-2)3-4-10(8)12/h3-6,12H,1-2H3,(H,13,14). The second kappa shape index (κ2) is 4.50. The van der Waals surface area contributed by atoms with Gasteiger partial charge in [-0.3, -0.25) is 0 Å². The Bertz CT molecular complexity index is 407. The summed E-state index contributed by atoms with van der Waals surface area (Å²) in [6.45, 7) is 1.46. The summed E-state index contributed by atoms with van der Waals surface area (Å²) in [5.41, 5.74) is 0.577. The second-order valence-corrected chi connectivity index (χ2v) is 3.06. The quantitative estimate of drug-likeness (QED) is 0.744. The van der Waals surface area contributed by atoms with Crippen LogP contribution in [0, 0.1) is 0 Å². The van der Waals surface area contributed by atoms with Crippen LogP contribution in [0.2, 0.25) is 0 Å². The lowest BCUT2D eigenvalue weighted by Crippen LogP contribution is -1.95. The Balaban J connectivity index is 3.13. The monoisotopic (exact) mass is 208 g/mol. The van der Waals surface area contributed by atoms with Gasteiger partial charge < -0.3 is 14.9 Å². The molecule has 0 heterocycles. The van der Waals surface area contributed by atoms with E-state index in [2.05, 4.69) is 0 Å². The molecule has 0 saturated heterocycles. The molecule has 15 heavy (non-hydrogen) atoms. The largest absolute Gasteiger partial charge is 0.507 e. The van der Waals surface area contributed by atoms with Crippen LogP contribution in [0.3, 0.4) is 0 Å². The zero-order valence-corrected chi connectivity index (χ0v) is 8.52. The summed E-state index contributed by atoms with van der Waals surface area (Å²) >= 11 is 0. The molecule has 0 aliphatic carbocycles. The summed E-state index contributed by atoms with van der Waals surface area (Å²) in [6, 6.07) is 4.63. The van der Waals surface area contributed by atoms with Crippen molar-refractivity contribution in [3.05, 3.63) is 29.3 Å². The molecule has 0 aromatic heterocycles. The highest BCUT2D eigenvalue weighted by atomic mass is 16.5. The van der Waals surface area contributed by atoms with Gasteiger partial charge in [-0.05, 0) is 31.2 Å². The highest BCUT2D eigenvalue weighted by Crippen LogP contribution is 2.24. The number of rotatable bonds is 3. The number of carboxylic acids is 1. The van der Waals surface area contributed by atoms with Gasteiger partial charge in [0.2, 0.25) is 0 Å². The van der Waals surface area contributed by atoms with Gasteiger partial charge in [-0.1, -0.05) is 0 Å². The Hall–Kier alpha value is -1.97. The van der Waals surface area contributed by atoms with Crippen molar-refractivity contribution in [1.82, 2.24) is 0 Å². The lowest BCUT2D eigenvalue weighted by atomic mass is 10.1. The fourth-order valence-corrected chi connectivity index (χ4v) is 1.07. The Kier molecular flexibility index (Phi) is 3.33. The molecule has 0 aliphatic heterocycles. The van der Waals surface area contributed by atoms with Crippen LogP contribution in [0.5, 0.6) is 11.5 Å². The molecular weight excluding hydrogens is 196 g/mol. The van der Waals surface area contributed by atoms with Crippen molar-refractivity contribution in [2.24, 2.45) is 0 Å². The first-order chi connectivity index (χ1) is 7.04. The van der Waals surface area contributed by atoms with Crippen LogP contribution in [-0.2, 0) is 4.79 Å². The molecule has 1 aromatic carbocycles. The first-order valence-electron chi connectivity index (χ1n) is 4.33. The minimum atomic E-state index is -1.02. The van der Waals surface area contributed by atoms with Gasteiger partial charge >= 0.3 is 5.97 Å². The van der Waals surface area contributed by atoms with Gasteiger partial charge in [-0.25, -0.2) is 4.79 Å². The van der Waals surface area contributed by atoms with Crippen molar-refractivity contribution in [3.63, 3.8) is 0 Å². The lowest BCUT2D eigenvalue weighted by molar-refractivity contribution is -0.132. The topological polar surface area (TPSA) is 66.8 Å². The number of phenols is 1. The van der Waals surface area contributed by atoms with Gasteiger partial charge in [0, 0.05) is 11.1 Å². The number of benzene rings is 1. The number of carbonyl (C=O) groups is 1. The normalized spacial score (nSPS) is 11.2. The highest BCUT2D eigenvalue weighted by molar-refractivity contribution is 5.91. The smallest absolute Gasteiger partial charge is 0.331 e. The molecule has 1 rings (SSSR count). The number of phenolic OH excluding ortho intramolecular Hbond substituents is 1. The maximum absolute atomic E-state index is 10.6. The molecule has 0 spiro atoms. The molecule has 0 radical (unpaired) electrons. The number of carboxylic acid groups (broad SMARTS) is 1. The molecule has 0 atom stereocenters. The van der Waals surface area contributed by atoms with Gasteiger partial charge in [0.15, 0.2) is 0 Å². The third-order valence-electron chi connectivity index (χ3n) is 1.94. The molecule has 0 bridgehead atoms. The summed E-state index contributed by atoms with van der Waals surface area (Å²) < 4.78 is 4.96. The fourth-order valence-electron chi connectivity index (χ4n) is 1.07.